The number of H-pyrrole nitrogens is 1. The molecule has 1 aromatic heterocycles. The summed E-state index contributed by atoms with van der Waals surface area (Å²) in [6, 6.07) is 3.10. The van der Waals surface area contributed by atoms with Gasteiger partial charge in [-0.05, 0) is 31.4 Å². The molecule has 7 nitrogen and oxygen atoms in total. The number of aromatic amines is 1. The highest BCUT2D eigenvalue weighted by atomic mass is 19.1. The van der Waals surface area contributed by atoms with Gasteiger partial charge in [0.05, 0.1) is 12.6 Å². The van der Waals surface area contributed by atoms with E-state index in [2.05, 4.69) is 15.0 Å². The number of ether oxygens (including phenoxy) is 1. The molecule has 3 rings (SSSR count). The number of rotatable bonds is 7. The fraction of sp³-hybridized carbons (Fsp3) is 0.450. The molecule has 2 amide bonds. The number of carbonyl (C=O) groups is 3. The molecule has 1 aromatic carbocycles. The summed E-state index contributed by atoms with van der Waals surface area (Å²) in [7, 11) is 1.33. The minimum absolute atomic E-state index is 0.0187. The van der Waals surface area contributed by atoms with Gasteiger partial charge in [0.2, 0.25) is 5.91 Å². The summed E-state index contributed by atoms with van der Waals surface area (Å²) >= 11 is 0. The number of hydrogen-bond acceptors (Lipinski definition) is 4. The Bertz CT molecular complexity index is 928. The molecule has 0 aliphatic carbocycles. The van der Waals surface area contributed by atoms with Crippen molar-refractivity contribution in [3.8, 4) is 0 Å². The average Bonchev–Trinajstić information content (AvgIpc) is 3.32. The molecule has 0 saturated carbocycles. The van der Waals surface area contributed by atoms with Crippen LogP contribution in [0.5, 0.6) is 0 Å². The van der Waals surface area contributed by atoms with E-state index in [-0.39, 0.29) is 40.9 Å². The second kappa shape index (κ2) is 9.02. The molecule has 0 bridgehead atoms. The molecule has 1 fully saturated rings. The quantitative estimate of drug-likeness (QED) is 0.545. The third-order valence-corrected chi connectivity index (χ3v) is 5.02. The fourth-order valence-electron chi connectivity index (χ4n) is 3.46. The Kier molecular flexibility index (Phi) is 6.46. The maximum Gasteiger partial charge on any atom is 0.305 e. The van der Waals surface area contributed by atoms with Crippen LogP contribution in [-0.4, -0.2) is 53.9 Å². The van der Waals surface area contributed by atoms with Gasteiger partial charge >= 0.3 is 5.97 Å². The molecule has 0 radical (unpaired) electrons. The van der Waals surface area contributed by atoms with Gasteiger partial charge in [0.1, 0.15) is 17.3 Å². The molecule has 0 unspecified atom stereocenters. The molecule has 2 N–H and O–H groups in total. The van der Waals surface area contributed by atoms with Crippen molar-refractivity contribution in [3.63, 3.8) is 0 Å². The van der Waals surface area contributed by atoms with Crippen molar-refractivity contribution in [2.45, 2.75) is 38.1 Å². The first-order valence-electron chi connectivity index (χ1n) is 9.50. The first kappa shape index (κ1) is 20.8. The van der Waals surface area contributed by atoms with Gasteiger partial charge in [0.15, 0.2) is 0 Å². The minimum Gasteiger partial charge on any atom is -0.469 e. The van der Waals surface area contributed by atoms with E-state index < -0.39 is 17.5 Å². The van der Waals surface area contributed by atoms with E-state index in [1.807, 2.05) is 0 Å². The van der Waals surface area contributed by atoms with Crippen molar-refractivity contribution in [2.75, 3.05) is 20.2 Å². The third-order valence-electron chi connectivity index (χ3n) is 5.02. The molecule has 1 saturated heterocycles. The van der Waals surface area contributed by atoms with E-state index in [0.29, 0.717) is 38.8 Å². The second-order valence-electron chi connectivity index (χ2n) is 7.12. The first-order valence-corrected chi connectivity index (χ1v) is 9.50. The molecule has 2 heterocycles. The van der Waals surface area contributed by atoms with E-state index in [1.165, 1.54) is 13.2 Å². The Morgan fingerprint density at radius 1 is 1.21 bits per heavy atom. The number of esters is 1. The molecule has 1 aliphatic heterocycles. The Labute approximate surface area is 166 Å². The van der Waals surface area contributed by atoms with Crippen molar-refractivity contribution in [3.05, 3.63) is 35.5 Å². The van der Waals surface area contributed by atoms with Crippen LogP contribution in [-0.2, 0) is 14.3 Å². The zero-order valence-electron chi connectivity index (χ0n) is 16.1. The van der Waals surface area contributed by atoms with Crippen LogP contribution >= 0.6 is 0 Å². The van der Waals surface area contributed by atoms with Crippen LogP contribution in [0.25, 0.3) is 10.9 Å². The number of hydrogen-bond donors (Lipinski definition) is 2. The van der Waals surface area contributed by atoms with Gasteiger partial charge in [-0.3, -0.25) is 14.4 Å². The maximum absolute atomic E-state index is 13.8. The molecule has 156 valence electrons. The number of aromatic nitrogens is 1. The van der Waals surface area contributed by atoms with Crippen molar-refractivity contribution < 1.29 is 27.9 Å². The summed E-state index contributed by atoms with van der Waals surface area (Å²) in [5.74, 6) is -2.21. The van der Waals surface area contributed by atoms with Crippen LogP contribution < -0.4 is 5.32 Å². The van der Waals surface area contributed by atoms with E-state index in [9.17, 15) is 23.2 Å². The third kappa shape index (κ3) is 5.10. The van der Waals surface area contributed by atoms with Crippen LogP contribution in [0.1, 0.15) is 42.6 Å². The molecule has 2 aromatic rings. The number of methoxy groups -OCH3 is 1. The maximum atomic E-state index is 13.8. The molecule has 0 spiro atoms. The van der Waals surface area contributed by atoms with E-state index in [4.69, 9.17) is 0 Å². The summed E-state index contributed by atoms with van der Waals surface area (Å²) in [5.41, 5.74) is 0.212. The fourth-order valence-corrected chi connectivity index (χ4v) is 3.46. The number of carbonyl (C=O) groups excluding carboxylic acids is 3. The summed E-state index contributed by atoms with van der Waals surface area (Å²) in [4.78, 5) is 40.1. The SMILES string of the molecule is COC(=O)CCCCC(=O)N1CC[C@@H](NC(=O)c2cc3cc(F)cc(F)c3[nH]2)C1. The van der Waals surface area contributed by atoms with E-state index in [0.717, 1.165) is 12.1 Å². The van der Waals surface area contributed by atoms with Crippen LogP contribution in [0.2, 0.25) is 0 Å². The molecule has 1 atom stereocenters. The van der Waals surface area contributed by atoms with Gasteiger partial charge in [-0.25, -0.2) is 8.78 Å². The summed E-state index contributed by atoms with van der Waals surface area (Å²) in [6.45, 7) is 0.929. The van der Waals surface area contributed by atoms with Gasteiger partial charge in [0, 0.05) is 43.4 Å². The van der Waals surface area contributed by atoms with Crippen LogP contribution in [0, 0.1) is 11.6 Å². The van der Waals surface area contributed by atoms with Crippen molar-refractivity contribution in [1.82, 2.24) is 15.2 Å². The Morgan fingerprint density at radius 2 is 1.97 bits per heavy atom. The normalized spacial score (nSPS) is 16.2. The standard InChI is InChI=1S/C20H23F2N3O4/c1-29-18(27)5-3-2-4-17(26)25-7-6-14(11-25)23-20(28)16-9-12-8-13(21)10-15(22)19(12)24-16/h8-10,14,24H,2-7,11H2,1H3,(H,23,28)/t14-/m1/s1. The number of nitrogens with one attached hydrogen (secondary N) is 2. The van der Waals surface area contributed by atoms with Gasteiger partial charge in [-0.1, -0.05) is 0 Å². The number of amides is 2. The van der Waals surface area contributed by atoms with Crippen molar-refractivity contribution >= 4 is 28.7 Å². The van der Waals surface area contributed by atoms with Gasteiger partial charge in [0.25, 0.3) is 5.91 Å². The summed E-state index contributed by atoms with van der Waals surface area (Å²) < 4.78 is 31.7. The number of likely N-dealkylation sites (tertiary alicyclic amines) is 1. The lowest BCUT2D eigenvalue weighted by molar-refractivity contribution is -0.141. The lowest BCUT2D eigenvalue weighted by Crippen LogP contribution is -2.38. The van der Waals surface area contributed by atoms with E-state index >= 15 is 0 Å². The first-order chi connectivity index (χ1) is 13.9. The highest BCUT2D eigenvalue weighted by Crippen LogP contribution is 2.21. The summed E-state index contributed by atoms with van der Waals surface area (Å²) in [6.07, 6.45) is 2.42. The van der Waals surface area contributed by atoms with Gasteiger partial charge < -0.3 is 19.9 Å². The smallest absolute Gasteiger partial charge is 0.305 e. The molecular weight excluding hydrogens is 384 g/mol. The zero-order valence-corrected chi connectivity index (χ0v) is 16.1. The topological polar surface area (TPSA) is 91.5 Å². The molecular formula is C20H23F2N3O4. The Hall–Kier alpha value is -2.97. The number of unbranched alkanes of at least 4 members (excludes halogenated alkanes) is 1. The Balaban J connectivity index is 1.49. The van der Waals surface area contributed by atoms with Crippen LogP contribution in [0.4, 0.5) is 8.78 Å². The highest BCUT2D eigenvalue weighted by molar-refractivity contribution is 5.98. The van der Waals surface area contributed by atoms with Gasteiger partial charge in [-0.2, -0.15) is 0 Å². The highest BCUT2D eigenvalue weighted by Gasteiger charge is 2.27. The number of nitrogens with zero attached hydrogens (tertiary/aromatic N) is 1. The largest absolute Gasteiger partial charge is 0.469 e. The van der Waals surface area contributed by atoms with Crippen LogP contribution in [0.15, 0.2) is 18.2 Å². The lowest BCUT2D eigenvalue weighted by atomic mass is 10.2. The lowest BCUT2D eigenvalue weighted by Gasteiger charge is -2.17. The zero-order chi connectivity index (χ0) is 21.0. The molecule has 29 heavy (non-hydrogen) atoms. The van der Waals surface area contributed by atoms with Crippen molar-refractivity contribution in [1.29, 1.82) is 0 Å². The van der Waals surface area contributed by atoms with Crippen molar-refractivity contribution in [2.24, 2.45) is 0 Å². The average molecular weight is 407 g/mol. The minimum atomic E-state index is -0.760. The monoisotopic (exact) mass is 407 g/mol. The predicted molar refractivity (Wildman–Crippen MR) is 101 cm³/mol. The number of fused-ring (bicyclic) bond motifs is 1. The Morgan fingerprint density at radius 3 is 2.72 bits per heavy atom. The molecule has 1 aliphatic rings. The van der Waals surface area contributed by atoms with E-state index in [1.54, 1.807) is 4.90 Å². The number of halogens is 2. The van der Waals surface area contributed by atoms with Crippen LogP contribution in [0.3, 0.4) is 0 Å². The van der Waals surface area contributed by atoms with Gasteiger partial charge in [-0.15, -0.1) is 0 Å². The number of benzene rings is 1. The predicted octanol–water partition coefficient (Wildman–Crippen LogP) is 2.51. The second-order valence-corrected chi connectivity index (χ2v) is 7.12. The summed E-state index contributed by atoms with van der Waals surface area (Å²) in [5, 5.41) is 3.10. The molecule has 9 heteroatoms.